The monoisotopic (exact) mass is 200 g/mol. The summed E-state index contributed by atoms with van der Waals surface area (Å²) in [6.07, 6.45) is 4.39. The standard InChI is InChI=1S/C11H20O3/c1-3-4-8-5-6-10(12)9(7-8)11(13)14-2/h8-10,12H,3-7H2,1-2H3. The number of aliphatic hydroxyl groups is 1. The molecule has 0 bridgehead atoms. The average molecular weight is 200 g/mol. The average Bonchev–Trinajstić information content (AvgIpc) is 2.20. The summed E-state index contributed by atoms with van der Waals surface area (Å²) in [5.74, 6) is 0.0519. The molecule has 1 aliphatic carbocycles. The highest BCUT2D eigenvalue weighted by molar-refractivity contribution is 5.73. The lowest BCUT2D eigenvalue weighted by Crippen LogP contribution is -2.35. The molecule has 0 saturated heterocycles. The number of hydrogen-bond donors (Lipinski definition) is 1. The quantitative estimate of drug-likeness (QED) is 0.706. The third-order valence-electron chi connectivity index (χ3n) is 3.12. The van der Waals surface area contributed by atoms with E-state index in [2.05, 4.69) is 11.7 Å². The number of aliphatic hydroxyl groups excluding tert-OH is 1. The van der Waals surface area contributed by atoms with Gasteiger partial charge in [0.1, 0.15) is 0 Å². The van der Waals surface area contributed by atoms with Crippen molar-refractivity contribution in [1.82, 2.24) is 0 Å². The minimum absolute atomic E-state index is 0.252. The Morgan fingerprint density at radius 1 is 1.50 bits per heavy atom. The molecule has 3 unspecified atom stereocenters. The van der Waals surface area contributed by atoms with Crippen molar-refractivity contribution < 1.29 is 14.6 Å². The van der Waals surface area contributed by atoms with Gasteiger partial charge in [0.25, 0.3) is 0 Å². The molecule has 0 aromatic carbocycles. The zero-order chi connectivity index (χ0) is 10.6. The number of methoxy groups -OCH3 is 1. The molecule has 3 nitrogen and oxygen atoms in total. The van der Waals surface area contributed by atoms with E-state index >= 15 is 0 Å². The molecular weight excluding hydrogens is 180 g/mol. The lowest BCUT2D eigenvalue weighted by Gasteiger charge is -2.31. The van der Waals surface area contributed by atoms with Crippen molar-refractivity contribution in [3.05, 3.63) is 0 Å². The molecule has 0 aromatic rings. The third kappa shape index (κ3) is 2.71. The van der Waals surface area contributed by atoms with Crippen LogP contribution in [0.2, 0.25) is 0 Å². The van der Waals surface area contributed by atoms with Crippen LogP contribution in [0.15, 0.2) is 0 Å². The van der Waals surface area contributed by atoms with Gasteiger partial charge in [0.2, 0.25) is 0 Å². The number of rotatable bonds is 3. The van der Waals surface area contributed by atoms with Crippen molar-refractivity contribution in [2.75, 3.05) is 7.11 Å². The van der Waals surface area contributed by atoms with Gasteiger partial charge < -0.3 is 9.84 Å². The fourth-order valence-corrected chi connectivity index (χ4v) is 2.32. The van der Waals surface area contributed by atoms with E-state index in [-0.39, 0.29) is 11.9 Å². The van der Waals surface area contributed by atoms with Crippen LogP contribution >= 0.6 is 0 Å². The highest BCUT2D eigenvalue weighted by atomic mass is 16.5. The molecule has 1 saturated carbocycles. The molecule has 14 heavy (non-hydrogen) atoms. The van der Waals surface area contributed by atoms with Gasteiger partial charge in [0, 0.05) is 0 Å². The number of carbonyl (C=O) groups excluding carboxylic acids is 1. The van der Waals surface area contributed by atoms with Crippen LogP contribution in [0.5, 0.6) is 0 Å². The molecule has 3 atom stereocenters. The van der Waals surface area contributed by atoms with Crippen LogP contribution in [0.3, 0.4) is 0 Å². The Kier molecular flexibility index (Phi) is 4.39. The van der Waals surface area contributed by atoms with E-state index in [1.807, 2.05) is 0 Å². The Morgan fingerprint density at radius 3 is 2.79 bits per heavy atom. The third-order valence-corrected chi connectivity index (χ3v) is 3.12. The second-order valence-electron chi connectivity index (χ2n) is 4.16. The lowest BCUT2D eigenvalue weighted by atomic mass is 9.77. The molecule has 1 aliphatic rings. The van der Waals surface area contributed by atoms with Gasteiger partial charge in [-0.15, -0.1) is 0 Å². The Labute approximate surface area is 85.5 Å². The molecule has 0 aromatic heterocycles. The SMILES string of the molecule is CCCC1CCC(O)C(C(=O)OC)C1. The maximum atomic E-state index is 11.3. The highest BCUT2D eigenvalue weighted by Crippen LogP contribution is 2.32. The summed E-state index contributed by atoms with van der Waals surface area (Å²) in [4.78, 5) is 11.3. The largest absolute Gasteiger partial charge is 0.469 e. The van der Waals surface area contributed by atoms with Crippen molar-refractivity contribution >= 4 is 5.97 Å². The Balaban J connectivity index is 2.50. The predicted octanol–water partition coefficient (Wildman–Crippen LogP) is 1.74. The molecule has 1 fully saturated rings. The first kappa shape index (κ1) is 11.5. The van der Waals surface area contributed by atoms with Crippen LogP contribution in [0.1, 0.15) is 39.0 Å². The summed E-state index contributed by atoms with van der Waals surface area (Å²) in [5.41, 5.74) is 0. The fourth-order valence-electron chi connectivity index (χ4n) is 2.32. The topological polar surface area (TPSA) is 46.5 Å². The van der Waals surface area contributed by atoms with Crippen molar-refractivity contribution in [3.63, 3.8) is 0 Å². The number of carbonyl (C=O) groups is 1. The van der Waals surface area contributed by atoms with Gasteiger partial charge >= 0.3 is 5.97 Å². The van der Waals surface area contributed by atoms with Crippen molar-refractivity contribution in [3.8, 4) is 0 Å². The van der Waals surface area contributed by atoms with E-state index in [1.54, 1.807) is 0 Å². The van der Waals surface area contributed by atoms with E-state index in [0.717, 1.165) is 32.1 Å². The molecule has 0 heterocycles. The van der Waals surface area contributed by atoms with Gasteiger partial charge in [0.05, 0.1) is 19.1 Å². The first-order valence-corrected chi connectivity index (χ1v) is 5.45. The molecular formula is C11H20O3. The molecule has 1 N–H and O–H groups in total. The van der Waals surface area contributed by atoms with Crippen molar-refractivity contribution in [2.45, 2.75) is 45.1 Å². The summed E-state index contributed by atoms with van der Waals surface area (Å²) >= 11 is 0. The zero-order valence-electron chi connectivity index (χ0n) is 9.03. The van der Waals surface area contributed by atoms with E-state index in [9.17, 15) is 9.90 Å². The summed E-state index contributed by atoms with van der Waals surface area (Å²) in [7, 11) is 1.39. The van der Waals surface area contributed by atoms with E-state index < -0.39 is 6.10 Å². The fraction of sp³-hybridized carbons (Fsp3) is 0.909. The summed E-state index contributed by atoms with van der Waals surface area (Å²) in [6.45, 7) is 2.15. The van der Waals surface area contributed by atoms with Crippen LogP contribution in [0.25, 0.3) is 0 Å². The van der Waals surface area contributed by atoms with Gasteiger partial charge in [-0.1, -0.05) is 19.8 Å². The lowest BCUT2D eigenvalue weighted by molar-refractivity contribution is -0.152. The molecule has 0 aliphatic heterocycles. The zero-order valence-corrected chi connectivity index (χ0v) is 9.03. The van der Waals surface area contributed by atoms with Crippen LogP contribution in [0.4, 0.5) is 0 Å². The molecule has 0 spiro atoms. The molecule has 3 heteroatoms. The smallest absolute Gasteiger partial charge is 0.311 e. The normalized spacial score (nSPS) is 32.6. The van der Waals surface area contributed by atoms with Crippen molar-refractivity contribution in [2.24, 2.45) is 11.8 Å². The minimum Gasteiger partial charge on any atom is -0.469 e. The Bertz CT molecular complexity index is 191. The second kappa shape index (κ2) is 5.35. The first-order chi connectivity index (χ1) is 6.69. The number of ether oxygens (including phenoxy) is 1. The minimum atomic E-state index is -0.490. The molecule has 82 valence electrons. The van der Waals surface area contributed by atoms with E-state index in [4.69, 9.17) is 0 Å². The predicted molar refractivity (Wildman–Crippen MR) is 53.8 cm³/mol. The Morgan fingerprint density at radius 2 is 2.21 bits per heavy atom. The second-order valence-corrected chi connectivity index (χ2v) is 4.16. The van der Waals surface area contributed by atoms with Crippen LogP contribution in [-0.4, -0.2) is 24.3 Å². The summed E-state index contributed by atoms with van der Waals surface area (Å²) < 4.78 is 4.69. The molecule has 0 amide bonds. The van der Waals surface area contributed by atoms with Crippen LogP contribution in [0, 0.1) is 11.8 Å². The maximum Gasteiger partial charge on any atom is 0.311 e. The molecule has 0 radical (unpaired) electrons. The van der Waals surface area contributed by atoms with Crippen LogP contribution < -0.4 is 0 Å². The van der Waals surface area contributed by atoms with Gasteiger partial charge in [-0.05, 0) is 25.2 Å². The Hall–Kier alpha value is -0.570. The van der Waals surface area contributed by atoms with E-state index in [0.29, 0.717) is 5.92 Å². The maximum absolute atomic E-state index is 11.3. The van der Waals surface area contributed by atoms with Crippen LogP contribution in [-0.2, 0) is 9.53 Å². The number of hydrogen-bond acceptors (Lipinski definition) is 3. The van der Waals surface area contributed by atoms with Gasteiger partial charge in [0.15, 0.2) is 0 Å². The first-order valence-electron chi connectivity index (χ1n) is 5.45. The summed E-state index contributed by atoms with van der Waals surface area (Å²) in [6, 6.07) is 0. The van der Waals surface area contributed by atoms with E-state index in [1.165, 1.54) is 7.11 Å². The highest BCUT2D eigenvalue weighted by Gasteiger charge is 2.34. The van der Waals surface area contributed by atoms with Crippen molar-refractivity contribution in [1.29, 1.82) is 0 Å². The van der Waals surface area contributed by atoms with Gasteiger partial charge in [-0.2, -0.15) is 0 Å². The number of esters is 1. The van der Waals surface area contributed by atoms with Gasteiger partial charge in [-0.25, -0.2) is 0 Å². The summed E-state index contributed by atoms with van der Waals surface area (Å²) in [5, 5.41) is 9.66. The molecule has 1 rings (SSSR count). The van der Waals surface area contributed by atoms with Gasteiger partial charge in [-0.3, -0.25) is 4.79 Å².